The molecule has 50 heavy (non-hydrogen) atoms. The van der Waals surface area contributed by atoms with Gasteiger partial charge in [0.2, 0.25) is 5.91 Å². The first-order valence-corrected chi connectivity index (χ1v) is 18.8. The van der Waals surface area contributed by atoms with Crippen molar-refractivity contribution in [3.05, 3.63) is 76.7 Å². The van der Waals surface area contributed by atoms with Crippen molar-refractivity contribution in [2.75, 3.05) is 46.2 Å². The van der Waals surface area contributed by atoms with E-state index in [0.717, 1.165) is 17.6 Å². The fourth-order valence-electron chi connectivity index (χ4n) is 6.67. The number of benzene rings is 2. The zero-order valence-corrected chi connectivity index (χ0v) is 29.5. The smallest absolute Gasteiger partial charge is 0.345 e. The summed E-state index contributed by atoms with van der Waals surface area (Å²) in [5.74, 6) is 1.86. The molecule has 2 aliphatic rings. The van der Waals surface area contributed by atoms with Crippen molar-refractivity contribution in [2.24, 2.45) is 13.0 Å². The number of carbonyl (C=O) groups excluding carboxylic acids is 2. The van der Waals surface area contributed by atoms with Crippen LogP contribution in [0, 0.1) is 5.92 Å². The number of imidazole rings is 1. The molecule has 1 unspecified atom stereocenters. The van der Waals surface area contributed by atoms with E-state index in [9.17, 15) is 22.8 Å². The van der Waals surface area contributed by atoms with Gasteiger partial charge in [-0.05, 0) is 62.1 Å². The lowest BCUT2D eigenvalue weighted by atomic mass is 9.97. The molecule has 0 saturated carbocycles. The van der Waals surface area contributed by atoms with Gasteiger partial charge < -0.3 is 23.8 Å². The summed E-state index contributed by atoms with van der Waals surface area (Å²) in [5.41, 5.74) is 0.879. The van der Waals surface area contributed by atoms with E-state index >= 15 is 0 Å². The Bertz CT molecular complexity index is 2030. The molecular formula is C35H43N7O7S. The van der Waals surface area contributed by atoms with Crippen LogP contribution in [0.4, 0.5) is 0 Å². The van der Waals surface area contributed by atoms with Crippen LogP contribution in [0.15, 0.2) is 64.5 Å². The first-order chi connectivity index (χ1) is 24.0. The molecule has 0 saturated heterocycles. The summed E-state index contributed by atoms with van der Waals surface area (Å²) >= 11 is 0. The SMILES string of the molecule is COc1ccc2cc1OCCN(C(=O)c1cccc(S(C)(=O)=O)c1)CCCCN(C(=O)C1CCc3nn(C)c(=O)n3C1)CCCn1ccnc1-2. The molecule has 0 radical (unpaired) electrons. The van der Waals surface area contributed by atoms with Crippen molar-refractivity contribution in [3.63, 3.8) is 0 Å². The zero-order chi connectivity index (χ0) is 35.4. The first kappa shape index (κ1) is 34.9. The van der Waals surface area contributed by atoms with E-state index in [4.69, 9.17) is 9.47 Å². The van der Waals surface area contributed by atoms with Crippen LogP contribution >= 0.6 is 0 Å². The second-order valence-corrected chi connectivity index (χ2v) is 14.8. The second-order valence-electron chi connectivity index (χ2n) is 12.8. The highest BCUT2D eigenvalue weighted by Gasteiger charge is 2.31. The average Bonchev–Trinajstić information content (AvgIpc) is 3.69. The lowest BCUT2D eigenvalue weighted by Gasteiger charge is -2.30. The number of rotatable bonds is 4. The molecular weight excluding hydrogens is 662 g/mol. The van der Waals surface area contributed by atoms with E-state index in [-0.39, 0.29) is 47.0 Å². The molecule has 2 aromatic heterocycles. The van der Waals surface area contributed by atoms with Gasteiger partial charge in [-0.15, -0.1) is 0 Å². The summed E-state index contributed by atoms with van der Waals surface area (Å²) in [6.07, 6.45) is 7.86. The number of ether oxygens (including phenoxy) is 2. The summed E-state index contributed by atoms with van der Waals surface area (Å²) in [7, 11) is -0.323. The minimum absolute atomic E-state index is 0.00823. The van der Waals surface area contributed by atoms with Crippen LogP contribution in [0.3, 0.4) is 0 Å². The third-order valence-corrected chi connectivity index (χ3v) is 10.5. The van der Waals surface area contributed by atoms with Gasteiger partial charge in [0, 0.05) is 76.0 Å². The lowest BCUT2D eigenvalue weighted by molar-refractivity contribution is -0.136. The second kappa shape index (κ2) is 14.9. The number of nitrogens with zero attached hydrogens (tertiary/aromatic N) is 7. The Labute approximate surface area is 291 Å². The average molecular weight is 706 g/mol. The van der Waals surface area contributed by atoms with Crippen molar-refractivity contribution in [2.45, 2.75) is 50.1 Å². The third kappa shape index (κ3) is 7.62. The molecule has 1 atom stereocenters. The Balaban J connectivity index is 1.27. The highest BCUT2D eigenvalue weighted by Crippen LogP contribution is 2.32. The number of carbonyl (C=O) groups is 2. The number of aromatic nitrogens is 5. The Morgan fingerprint density at radius 3 is 2.54 bits per heavy atom. The number of aryl methyl sites for hydroxylation is 3. The van der Waals surface area contributed by atoms with Gasteiger partial charge in [-0.3, -0.25) is 14.2 Å². The monoisotopic (exact) mass is 705 g/mol. The maximum atomic E-state index is 14.0. The van der Waals surface area contributed by atoms with E-state index < -0.39 is 9.84 Å². The van der Waals surface area contributed by atoms with Crippen molar-refractivity contribution in [3.8, 4) is 22.9 Å². The number of fused-ring (bicyclic) bond motifs is 5. The molecule has 4 aromatic rings. The summed E-state index contributed by atoms with van der Waals surface area (Å²) in [6, 6.07) is 11.7. The lowest BCUT2D eigenvalue weighted by Crippen LogP contribution is -2.42. The van der Waals surface area contributed by atoms with Gasteiger partial charge in [0.05, 0.1) is 24.5 Å². The van der Waals surface area contributed by atoms with Crippen LogP contribution in [0.1, 0.15) is 41.9 Å². The fraction of sp³-hybridized carbons (Fsp3) is 0.457. The Morgan fingerprint density at radius 2 is 1.76 bits per heavy atom. The summed E-state index contributed by atoms with van der Waals surface area (Å²) in [6.45, 7) is 2.70. The van der Waals surface area contributed by atoms with E-state index in [0.29, 0.717) is 82.2 Å². The molecule has 2 aromatic carbocycles. The molecule has 4 heterocycles. The van der Waals surface area contributed by atoms with Crippen LogP contribution in [0.25, 0.3) is 11.4 Å². The van der Waals surface area contributed by atoms with E-state index in [1.165, 1.54) is 16.8 Å². The van der Waals surface area contributed by atoms with Crippen molar-refractivity contribution < 1.29 is 27.5 Å². The van der Waals surface area contributed by atoms with Gasteiger partial charge in [-0.2, -0.15) is 5.10 Å². The summed E-state index contributed by atoms with van der Waals surface area (Å²) in [5, 5.41) is 4.31. The molecule has 14 nitrogen and oxygen atoms in total. The van der Waals surface area contributed by atoms with Gasteiger partial charge in [0.1, 0.15) is 18.3 Å². The fourth-order valence-corrected chi connectivity index (χ4v) is 7.34. The van der Waals surface area contributed by atoms with Crippen LogP contribution in [-0.4, -0.2) is 100 Å². The molecule has 0 fully saturated rings. The van der Waals surface area contributed by atoms with Crippen LogP contribution < -0.4 is 15.2 Å². The number of amides is 2. The molecule has 15 heteroatoms. The Morgan fingerprint density at radius 1 is 0.980 bits per heavy atom. The van der Waals surface area contributed by atoms with Gasteiger partial charge >= 0.3 is 5.69 Å². The standard InChI is InChI=1S/C35H43N7O7S/c1-38-35(45)42-24-27(11-13-31(42)37-38)34(44)40-15-4-5-16-41(33(43)26-8-6-9-28(22-26)50(3,46)47)20-21-49-30-23-25(10-12-29(30)48-2)32-36-14-19-39(32)17-7-18-40/h6,8-10,12,14,19,22-23,27H,4-5,7,11,13,15-18,20-21,24H2,1-3H3. The quantitative estimate of drug-likeness (QED) is 0.312. The van der Waals surface area contributed by atoms with E-state index in [1.54, 1.807) is 42.0 Å². The normalized spacial score (nSPS) is 17.6. The Hall–Kier alpha value is -4.92. The summed E-state index contributed by atoms with van der Waals surface area (Å²) < 4.78 is 41.2. The zero-order valence-electron chi connectivity index (χ0n) is 28.7. The third-order valence-electron chi connectivity index (χ3n) is 9.35. The maximum Gasteiger partial charge on any atom is 0.345 e. The molecule has 2 bridgehead atoms. The summed E-state index contributed by atoms with van der Waals surface area (Å²) in [4.78, 5) is 48.7. The number of sulfone groups is 1. The molecule has 266 valence electrons. The molecule has 0 aliphatic carbocycles. The van der Waals surface area contributed by atoms with E-state index in [2.05, 4.69) is 14.6 Å². The van der Waals surface area contributed by atoms with Crippen molar-refractivity contribution >= 4 is 21.7 Å². The molecule has 6 rings (SSSR count). The Kier molecular flexibility index (Phi) is 10.4. The van der Waals surface area contributed by atoms with Crippen molar-refractivity contribution in [1.82, 2.24) is 33.7 Å². The highest BCUT2D eigenvalue weighted by atomic mass is 32.2. The molecule has 0 N–H and O–H groups in total. The van der Waals surface area contributed by atoms with Crippen LogP contribution in [0.2, 0.25) is 0 Å². The van der Waals surface area contributed by atoms with E-state index in [1.807, 2.05) is 29.3 Å². The van der Waals surface area contributed by atoms with Gasteiger partial charge in [-0.1, -0.05) is 6.07 Å². The van der Waals surface area contributed by atoms with Crippen molar-refractivity contribution in [1.29, 1.82) is 0 Å². The maximum absolute atomic E-state index is 14.0. The van der Waals surface area contributed by atoms with Crippen LogP contribution in [0.5, 0.6) is 11.5 Å². The number of methoxy groups -OCH3 is 1. The number of hydrogen-bond donors (Lipinski definition) is 0. The predicted molar refractivity (Wildman–Crippen MR) is 185 cm³/mol. The van der Waals surface area contributed by atoms with Gasteiger partial charge in [-0.25, -0.2) is 22.9 Å². The molecule has 2 aliphatic heterocycles. The highest BCUT2D eigenvalue weighted by molar-refractivity contribution is 7.90. The van der Waals surface area contributed by atoms with Gasteiger partial charge in [0.15, 0.2) is 21.3 Å². The van der Waals surface area contributed by atoms with Crippen LogP contribution in [-0.2, 0) is 41.2 Å². The topological polar surface area (TPSA) is 151 Å². The van der Waals surface area contributed by atoms with Gasteiger partial charge in [0.25, 0.3) is 5.91 Å². The largest absolute Gasteiger partial charge is 0.493 e. The minimum atomic E-state index is -3.51. The molecule has 2 amide bonds. The minimum Gasteiger partial charge on any atom is -0.493 e. The number of hydrogen-bond acceptors (Lipinski definition) is 9. The predicted octanol–water partition coefficient (Wildman–Crippen LogP) is 2.65. The first-order valence-electron chi connectivity index (χ1n) is 16.9. The molecule has 0 spiro atoms.